The normalized spacial score (nSPS) is 11.5. The van der Waals surface area contributed by atoms with E-state index in [0.29, 0.717) is 6.42 Å². The lowest BCUT2D eigenvalue weighted by atomic mass is 10.1. The number of rotatable bonds is 7. The first-order valence-corrected chi connectivity index (χ1v) is 6.18. The number of carboxylic acids is 1. The van der Waals surface area contributed by atoms with Gasteiger partial charge in [-0.15, -0.1) is 0 Å². The van der Waals surface area contributed by atoms with Crippen LogP contribution >= 0.6 is 0 Å². The zero-order valence-corrected chi connectivity index (χ0v) is 11.1. The molecule has 114 valence electrons. The molecule has 1 atom stereocenters. The van der Waals surface area contributed by atoms with Gasteiger partial charge < -0.3 is 21.5 Å². The number of carbonyl (C=O) groups is 3. The van der Waals surface area contributed by atoms with Crippen LogP contribution in [-0.4, -0.2) is 35.6 Å². The maximum atomic E-state index is 12.7. The van der Waals surface area contributed by atoms with Crippen LogP contribution in [0, 0.1) is 5.82 Å². The smallest absolute Gasteiger partial charge is 0.326 e. The van der Waals surface area contributed by atoms with Gasteiger partial charge in [0.1, 0.15) is 11.9 Å². The number of urea groups is 1. The van der Waals surface area contributed by atoms with Crippen molar-refractivity contribution < 1.29 is 23.9 Å². The van der Waals surface area contributed by atoms with Gasteiger partial charge in [-0.2, -0.15) is 0 Å². The van der Waals surface area contributed by atoms with E-state index in [1.165, 1.54) is 12.1 Å². The highest BCUT2D eigenvalue weighted by Crippen LogP contribution is 2.02. The molecule has 0 aromatic heterocycles. The SMILES string of the molecule is NC(=O)CC(NC(=O)NCCc1ccc(F)cc1)C(=O)O. The van der Waals surface area contributed by atoms with E-state index in [-0.39, 0.29) is 12.4 Å². The summed E-state index contributed by atoms with van der Waals surface area (Å²) in [6.45, 7) is 0.236. The van der Waals surface area contributed by atoms with Crippen molar-refractivity contribution in [2.24, 2.45) is 5.73 Å². The van der Waals surface area contributed by atoms with Crippen LogP contribution < -0.4 is 16.4 Å². The first kappa shape index (κ1) is 16.4. The van der Waals surface area contributed by atoms with Crippen LogP contribution in [0.5, 0.6) is 0 Å². The Kier molecular flexibility index (Phi) is 6.12. The highest BCUT2D eigenvalue weighted by molar-refractivity contribution is 5.87. The predicted molar refractivity (Wildman–Crippen MR) is 71.9 cm³/mol. The minimum atomic E-state index is -1.37. The summed E-state index contributed by atoms with van der Waals surface area (Å²) in [6, 6.07) is 3.70. The maximum absolute atomic E-state index is 12.7. The van der Waals surface area contributed by atoms with Crippen LogP contribution in [0.4, 0.5) is 9.18 Å². The van der Waals surface area contributed by atoms with E-state index in [1.807, 2.05) is 0 Å². The van der Waals surface area contributed by atoms with E-state index in [4.69, 9.17) is 10.8 Å². The molecule has 0 aliphatic rings. The van der Waals surface area contributed by atoms with Crippen molar-refractivity contribution in [1.82, 2.24) is 10.6 Å². The molecule has 0 saturated carbocycles. The van der Waals surface area contributed by atoms with Crippen molar-refractivity contribution in [3.8, 4) is 0 Å². The maximum Gasteiger partial charge on any atom is 0.326 e. The lowest BCUT2D eigenvalue weighted by Crippen LogP contribution is -2.48. The fraction of sp³-hybridized carbons (Fsp3) is 0.308. The number of hydrogen-bond donors (Lipinski definition) is 4. The van der Waals surface area contributed by atoms with Crippen LogP contribution in [0.1, 0.15) is 12.0 Å². The molecule has 0 aliphatic heterocycles. The number of hydrogen-bond acceptors (Lipinski definition) is 3. The number of primary amides is 1. The van der Waals surface area contributed by atoms with Crippen molar-refractivity contribution in [1.29, 1.82) is 0 Å². The lowest BCUT2D eigenvalue weighted by Gasteiger charge is -2.13. The molecule has 1 aromatic carbocycles. The number of amides is 3. The molecule has 1 unspecified atom stereocenters. The van der Waals surface area contributed by atoms with Crippen LogP contribution in [-0.2, 0) is 16.0 Å². The molecule has 21 heavy (non-hydrogen) atoms. The molecule has 1 aromatic rings. The second-order valence-electron chi connectivity index (χ2n) is 4.34. The molecule has 0 saturated heterocycles. The molecular formula is C13H16FN3O4. The molecule has 0 bridgehead atoms. The van der Waals surface area contributed by atoms with Crippen molar-refractivity contribution in [2.75, 3.05) is 6.54 Å². The monoisotopic (exact) mass is 297 g/mol. The predicted octanol–water partition coefficient (Wildman–Crippen LogP) is -0.00400. The van der Waals surface area contributed by atoms with Gasteiger partial charge in [0, 0.05) is 6.54 Å². The topological polar surface area (TPSA) is 122 Å². The quantitative estimate of drug-likeness (QED) is 0.565. The Morgan fingerprint density at radius 3 is 2.38 bits per heavy atom. The van der Waals surface area contributed by atoms with Crippen LogP contribution in [0.15, 0.2) is 24.3 Å². The van der Waals surface area contributed by atoms with E-state index in [1.54, 1.807) is 12.1 Å². The molecule has 0 spiro atoms. The highest BCUT2D eigenvalue weighted by Gasteiger charge is 2.21. The summed E-state index contributed by atoms with van der Waals surface area (Å²) >= 11 is 0. The summed E-state index contributed by atoms with van der Waals surface area (Å²) < 4.78 is 12.7. The highest BCUT2D eigenvalue weighted by atomic mass is 19.1. The summed E-state index contributed by atoms with van der Waals surface area (Å²) in [5.74, 6) is -2.52. The molecule has 1 rings (SSSR count). The largest absolute Gasteiger partial charge is 0.480 e. The van der Waals surface area contributed by atoms with Gasteiger partial charge in [0.15, 0.2) is 0 Å². The Morgan fingerprint density at radius 2 is 1.86 bits per heavy atom. The zero-order valence-electron chi connectivity index (χ0n) is 11.1. The van der Waals surface area contributed by atoms with Gasteiger partial charge >= 0.3 is 12.0 Å². The number of nitrogens with two attached hydrogens (primary N) is 1. The van der Waals surface area contributed by atoms with Gasteiger partial charge in [-0.3, -0.25) is 4.79 Å². The lowest BCUT2D eigenvalue weighted by molar-refractivity contribution is -0.140. The molecule has 0 heterocycles. The first-order valence-electron chi connectivity index (χ1n) is 6.18. The Morgan fingerprint density at radius 1 is 1.24 bits per heavy atom. The summed E-state index contributed by atoms with van der Waals surface area (Å²) in [6.07, 6.45) is -0.0258. The van der Waals surface area contributed by atoms with E-state index in [2.05, 4.69) is 10.6 Å². The van der Waals surface area contributed by atoms with Gasteiger partial charge in [0.2, 0.25) is 5.91 Å². The summed E-state index contributed by atoms with van der Waals surface area (Å²) in [5.41, 5.74) is 5.71. The summed E-state index contributed by atoms with van der Waals surface area (Å²) in [7, 11) is 0. The Balaban J connectivity index is 2.37. The summed E-state index contributed by atoms with van der Waals surface area (Å²) in [5, 5.41) is 13.4. The number of halogens is 1. The molecule has 3 amide bonds. The average Bonchev–Trinajstić information content (AvgIpc) is 2.39. The molecule has 0 radical (unpaired) electrons. The Labute approximate surface area is 120 Å². The van der Waals surface area contributed by atoms with Gasteiger partial charge in [-0.1, -0.05) is 12.1 Å². The van der Waals surface area contributed by atoms with Gasteiger partial charge in [-0.25, -0.2) is 14.0 Å². The Hall–Kier alpha value is -2.64. The van der Waals surface area contributed by atoms with Crippen molar-refractivity contribution >= 4 is 17.9 Å². The molecule has 8 heteroatoms. The molecular weight excluding hydrogens is 281 g/mol. The van der Waals surface area contributed by atoms with Gasteiger partial charge in [0.25, 0.3) is 0 Å². The third kappa shape index (κ3) is 6.37. The van der Waals surface area contributed by atoms with Crippen LogP contribution in [0.25, 0.3) is 0 Å². The molecule has 5 N–H and O–H groups in total. The molecule has 0 fully saturated rings. The second kappa shape index (κ2) is 7.83. The minimum Gasteiger partial charge on any atom is -0.480 e. The van der Waals surface area contributed by atoms with E-state index < -0.39 is 30.4 Å². The summed E-state index contributed by atoms with van der Waals surface area (Å²) in [4.78, 5) is 33.0. The number of nitrogens with one attached hydrogen (secondary N) is 2. The second-order valence-corrected chi connectivity index (χ2v) is 4.34. The zero-order chi connectivity index (χ0) is 15.8. The molecule has 7 nitrogen and oxygen atoms in total. The first-order chi connectivity index (χ1) is 9.88. The van der Waals surface area contributed by atoms with E-state index in [9.17, 15) is 18.8 Å². The Bertz CT molecular complexity index is 519. The van der Waals surface area contributed by atoms with E-state index in [0.717, 1.165) is 5.56 Å². The molecule has 0 aliphatic carbocycles. The third-order valence-electron chi connectivity index (χ3n) is 2.62. The number of benzene rings is 1. The van der Waals surface area contributed by atoms with Crippen molar-refractivity contribution in [2.45, 2.75) is 18.9 Å². The van der Waals surface area contributed by atoms with Crippen LogP contribution in [0.2, 0.25) is 0 Å². The number of carboxylic acid groups (broad SMARTS) is 1. The van der Waals surface area contributed by atoms with Crippen LogP contribution in [0.3, 0.4) is 0 Å². The standard InChI is InChI=1S/C13H16FN3O4/c14-9-3-1-8(2-4-9)5-6-16-13(21)17-10(12(19)20)7-11(15)18/h1-4,10H,5-7H2,(H2,15,18)(H,19,20)(H2,16,17,21). The number of aliphatic carboxylic acids is 1. The fourth-order valence-electron chi connectivity index (χ4n) is 1.58. The van der Waals surface area contributed by atoms with Gasteiger partial charge in [-0.05, 0) is 24.1 Å². The minimum absolute atomic E-state index is 0.236. The fourth-order valence-corrected chi connectivity index (χ4v) is 1.58. The van der Waals surface area contributed by atoms with E-state index >= 15 is 0 Å². The number of carbonyl (C=O) groups excluding carboxylic acids is 2. The van der Waals surface area contributed by atoms with Crippen molar-refractivity contribution in [3.05, 3.63) is 35.6 Å². The third-order valence-corrected chi connectivity index (χ3v) is 2.62. The van der Waals surface area contributed by atoms with Crippen molar-refractivity contribution in [3.63, 3.8) is 0 Å². The average molecular weight is 297 g/mol. The van der Waals surface area contributed by atoms with Gasteiger partial charge in [0.05, 0.1) is 6.42 Å².